The number of likely N-dealkylation sites (tertiary alicyclic amines) is 1. The van der Waals surface area contributed by atoms with E-state index in [9.17, 15) is 9.90 Å². The predicted molar refractivity (Wildman–Crippen MR) is 66.6 cm³/mol. The highest BCUT2D eigenvalue weighted by Crippen LogP contribution is 2.35. The molecule has 0 aromatic carbocycles. The van der Waals surface area contributed by atoms with Crippen molar-refractivity contribution >= 4 is 5.97 Å². The van der Waals surface area contributed by atoms with Gasteiger partial charge in [-0.25, -0.2) is 0 Å². The van der Waals surface area contributed by atoms with Gasteiger partial charge in [0.2, 0.25) is 0 Å². The average Bonchev–Trinajstić information content (AvgIpc) is 2.25. The number of piperidine rings is 1. The number of β-amino-alcohol motifs (C(OH)–C–C–N with tert-alkyl or cyclic N) is 1. The normalized spacial score (nSPS) is 28.8. The molecule has 0 aromatic heterocycles. The van der Waals surface area contributed by atoms with Crippen LogP contribution in [0.2, 0.25) is 0 Å². The lowest BCUT2D eigenvalue weighted by molar-refractivity contribution is -0.148. The van der Waals surface area contributed by atoms with Crippen molar-refractivity contribution in [1.82, 2.24) is 4.90 Å². The lowest BCUT2D eigenvalue weighted by atomic mass is 9.73. The third-order valence-corrected chi connectivity index (χ3v) is 3.82. The fourth-order valence-electron chi connectivity index (χ4n) is 2.64. The standard InChI is InChI=1S/C13H25NO3/c1-9(12(16)17-5)14-7-6-10(11(15)8-14)13(2,3)4/h9-11,15H,6-8H2,1-5H3. The van der Waals surface area contributed by atoms with Gasteiger partial charge >= 0.3 is 5.97 Å². The van der Waals surface area contributed by atoms with Crippen LogP contribution in [-0.2, 0) is 9.53 Å². The number of aliphatic hydroxyl groups excluding tert-OH is 1. The summed E-state index contributed by atoms with van der Waals surface area (Å²) in [5, 5.41) is 10.2. The van der Waals surface area contributed by atoms with Crippen molar-refractivity contribution in [3.8, 4) is 0 Å². The largest absolute Gasteiger partial charge is 0.468 e. The third-order valence-electron chi connectivity index (χ3n) is 3.82. The highest BCUT2D eigenvalue weighted by atomic mass is 16.5. The van der Waals surface area contributed by atoms with E-state index in [0.29, 0.717) is 12.5 Å². The van der Waals surface area contributed by atoms with E-state index in [2.05, 4.69) is 20.8 Å². The minimum absolute atomic E-state index is 0.111. The number of carbonyl (C=O) groups excluding carboxylic acids is 1. The summed E-state index contributed by atoms with van der Waals surface area (Å²) in [7, 11) is 1.40. The van der Waals surface area contributed by atoms with Crippen molar-refractivity contribution in [2.24, 2.45) is 11.3 Å². The molecule has 1 saturated heterocycles. The molecule has 1 heterocycles. The minimum atomic E-state index is -0.365. The smallest absolute Gasteiger partial charge is 0.322 e. The number of hydrogen-bond donors (Lipinski definition) is 1. The van der Waals surface area contributed by atoms with Gasteiger partial charge in [0.15, 0.2) is 0 Å². The second kappa shape index (κ2) is 5.36. The van der Waals surface area contributed by atoms with Crippen LogP contribution in [0.15, 0.2) is 0 Å². The van der Waals surface area contributed by atoms with Crippen LogP contribution < -0.4 is 0 Å². The molecule has 0 radical (unpaired) electrons. The zero-order chi connectivity index (χ0) is 13.2. The quantitative estimate of drug-likeness (QED) is 0.742. The maximum atomic E-state index is 11.5. The summed E-state index contributed by atoms with van der Waals surface area (Å²) in [5.41, 5.74) is 0.111. The summed E-state index contributed by atoms with van der Waals surface area (Å²) in [6.07, 6.45) is 0.558. The lowest BCUT2D eigenvalue weighted by Gasteiger charge is -2.43. The molecular formula is C13H25NO3. The molecule has 0 aliphatic carbocycles. The van der Waals surface area contributed by atoms with Crippen molar-refractivity contribution in [3.63, 3.8) is 0 Å². The molecule has 0 saturated carbocycles. The van der Waals surface area contributed by atoms with Crippen LogP contribution in [0.1, 0.15) is 34.1 Å². The van der Waals surface area contributed by atoms with Crippen molar-refractivity contribution in [1.29, 1.82) is 0 Å². The Kier molecular flexibility index (Phi) is 4.55. The Labute approximate surface area is 104 Å². The highest BCUT2D eigenvalue weighted by molar-refractivity contribution is 5.75. The van der Waals surface area contributed by atoms with E-state index in [1.54, 1.807) is 0 Å². The van der Waals surface area contributed by atoms with Gasteiger partial charge in [0.05, 0.1) is 13.2 Å². The second-order valence-corrected chi connectivity index (χ2v) is 6.02. The number of hydrogen-bond acceptors (Lipinski definition) is 4. The van der Waals surface area contributed by atoms with Crippen LogP contribution >= 0.6 is 0 Å². The van der Waals surface area contributed by atoms with E-state index in [1.165, 1.54) is 7.11 Å². The number of rotatable bonds is 2. The molecule has 17 heavy (non-hydrogen) atoms. The topological polar surface area (TPSA) is 49.8 Å². The van der Waals surface area contributed by atoms with Crippen LogP contribution in [0.25, 0.3) is 0 Å². The van der Waals surface area contributed by atoms with Crippen molar-refractivity contribution < 1.29 is 14.6 Å². The van der Waals surface area contributed by atoms with E-state index in [4.69, 9.17) is 4.74 Å². The molecule has 0 amide bonds. The fourth-order valence-corrected chi connectivity index (χ4v) is 2.64. The van der Waals surface area contributed by atoms with Crippen LogP contribution in [0.5, 0.6) is 0 Å². The van der Waals surface area contributed by atoms with Gasteiger partial charge in [0.25, 0.3) is 0 Å². The van der Waals surface area contributed by atoms with E-state index in [1.807, 2.05) is 11.8 Å². The first kappa shape index (κ1) is 14.5. The summed E-state index contributed by atoms with van der Waals surface area (Å²) in [4.78, 5) is 13.4. The Morgan fingerprint density at radius 1 is 1.47 bits per heavy atom. The molecule has 1 aliphatic rings. The molecule has 3 atom stereocenters. The predicted octanol–water partition coefficient (Wildman–Crippen LogP) is 1.28. The number of nitrogens with zero attached hydrogens (tertiary/aromatic N) is 1. The van der Waals surface area contributed by atoms with Gasteiger partial charge in [0, 0.05) is 6.54 Å². The fraction of sp³-hybridized carbons (Fsp3) is 0.923. The minimum Gasteiger partial charge on any atom is -0.468 e. The number of esters is 1. The molecule has 100 valence electrons. The zero-order valence-corrected chi connectivity index (χ0v) is 11.6. The van der Waals surface area contributed by atoms with E-state index in [0.717, 1.165) is 13.0 Å². The van der Waals surface area contributed by atoms with Gasteiger partial charge in [-0.15, -0.1) is 0 Å². The molecule has 0 spiro atoms. The molecule has 1 fully saturated rings. The van der Waals surface area contributed by atoms with Gasteiger partial charge in [-0.3, -0.25) is 9.69 Å². The molecule has 4 nitrogen and oxygen atoms in total. The maximum Gasteiger partial charge on any atom is 0.322 e. The Balaban J connectivity index is 2.61. The van der Waals surface area contributed by atoms with Crippen molar-refractivity contribution in [2.45, 2.75) is 46.3 Å². The SMILES string of the molecule is COC(=O)C(C)N1CCC(C(C)(C)C)C(O)C1. The van der Waals surface area contributed by atoms with Crippen molar-refractivity contribution in [3.05, 3.63) is 0 Å². The Morgan fingerprint density at radius 2 is 2.06 bits per heavy atom. The highest BCUT2D eigenvalue weighted by Gasteiger charge is 2.38. The number of ether oxygens (including phenoxy) is 1. The molecule has 1 N–H and O–H groups in total. The van der Waals surface area contributed by atoms with Crippen LogP contribution in [0, 0.1) is 11.3 Å². The maximum absolute atomic E-state index is 11.5. The number of aliphatic hydroxyl groups is 1. The van der Waals surface area contributed by atoms with Crippen LogP contribution in [0.3, 0.4) is 0 Å². The first-order valence-electron chi connectivity index (χ1n) is 6.27. The van der Waals surface area contributed by atoms with Crippen LogP contribution in [0.4, 0.5) is 0 Å². The summed E-state index contributed by atoms with van der Waals surface area (Å²) >= 11 is 0. The molecule has 1 rings (SSSR count). The van der Waals surface area contributed by atoms with Gasteiger partial charge < -0.3 is 9.84 Å². The monoisotopic (exact) mass is 243 g/mol. The Bertz CT molecular complexity index is 272. The van der Waals surface area contributed by atoms with E-state index in [-0.39, 0.29) is 23.5 Å². The Hall–Kier alpha value is -0.610. The van der Waals surface area contributed by atoms with Gasteiger partial charge in [-0.2, -0.15) is 0 Å². The van der Waals surface area contributed by atoms with Crippen LogP contribution in [-0.4, -0.2) is 48.3 Å². The van der Waals surface area contributed by atoms with E-state index >= 15 is 0 Å². The molecule has 0 bridgehead atoms. The lowest BCUT2D eigenvalue weighted by Crippen LogP contribution is -2.52. The molecule has 0 aromatic rings. The van der Waals surface area contributed by atoms with Gasteiger partial charge in [-0.1, -0.05) is 20.8 Å². The summed E-state index contributed by atoms with van der Waals surface area (Å²) < 4.78 is 4.73. The van der Waals surface area contributed by atoms with Gasteiger partial charge in [0.1, 0.15) is 6.04 Å². The second-order valence-electron chi connectivity index (χ2n) is 6.02. The van der Waals surface area contributed by atoms with E-state index < -0.39 is 0 Å². The number of methoxy groups -OCH3 is 1. The van der Waals surface area contributed by atoms with Crippen molar-refractivity contribution in [2.75, 3.05) is 20.2 Å². The number of carbonyl (C=O) groups is 1. The average molecular weight is 243 g/mol. The third kappa shape index (κ3) is 3.42. The summed E-state index contributed by atoms with van der Waals surface area (Å²) in [6.45, 7) is 9.68. The molecule has 3 unspecified atom stereocenters. The Morgan fingerprint density at radius 3 is 2.47 bits per heavy atom. The first-order chi connectivity index (χ1) is 7.77. The molecule has 1 aliphatic heterocycles. The molecule has 4 heteroatoms. The summed E-state index contributed by atoms with van der Waals surface area (Å²) in [5.74, 6) is 0.0648. The summed E-state index contributed by atoms with van der Waals surface area (Å²) in [6, 6.07) is -0.268. The first-order valence-corrected chi connectivity index (χ1v) is 6.27. The zero-order valence-electron chi connectivity index (χ0n) is 11.6. The molecular weight excluding hydrogens is 218 g/mol. The van der Waals surface area contributed by atoms with Gasteiger partial charge in [-0.05, 0) is 31.2 Å².